The van der Waals surface area contributed by atoms with Gasteiger partial charge in [0.25, 0.3) is 0 Å². The van der Waals surface area contributed by atoms with E-state index in [1.807, 2.05) is 18.2 Å². The molecule has 0 fully saturated rings. The Hall–Kier alpha value is -3.24. The van der Waals surface area contributed by atoms with E-state index in [1.165, 1.54) is 21.9 Å². The highest BCUT2D eigenvalue weighted by Gasteiger charge is 2.09. The van der Waals surface area contributed by atoms with Crippen LogP contribution >= 0.6 is 0 Å². The van der Waals surface area contributed by atoms with Crippen LogP contribution in [0.25, 0.3) is 22.0 Å². The topological polar surface area (TPSA) is 47.0 Å². The van der Waals surface area contributed by atoms with Gasteiger partial charge in [-0.15, -0.1) is 10.2 Å². The fraction of sp³-hybridized carbons (Fsp3) is 0.167. The minimum absolute atomic E-state index is 0.246. The number of hydrogen-bond acceptors (Lipinski definition) is 4. The number of ether oxygens (including phenoxy) is 1. The molecule has 0 radical (unpaired) electrons. The van der Waals surface area contributed by atoms with Gasteiger partial charge in [-0.2, -0.15) is 0 Å². The second-order valence-corrected chi connectivity index (χ2v) is 6.83. The van der Waals surface area contributed by atoms with Crippen LogP contribution in [0.1, 0.15) is 24.1 Å². The zero-order valence-electron chi connectivity index (χ0n) is 16.1. The standard InChI is InChI=1S/C24H23N3O/c1-17(21-12-6-9-19-8-3-4-11-22(19)21)25-16-18-7-5-10-20(15-18)23-13-14-24(28-2)27-26-23/h3-15,17,25H,16H2,1-2H3/t17-/m1/s1. The van der Waals surface area contributed by atoms with Crippen LogP contribution in [0.15, 0.2) is 78.9 Å². The first-order valence-electron chi connectivity index (χ1n) is 9.42. The molecule has 1 atom stereocenters. The summed E-state index contributed by atoms with van der Waals surface area (Å²) in [5.41, 5.74) is 4.41. The third kappa shape index (κ3) is 3.87. The molecule has 1 heterocycles. The largest absolute Gasteiger partial charge is 0.480 e. The van der Waals surface area contributed by atoms with Gasteiger partial charge in [0.2, 0.25) is 5.88 Å². The first kappa shape index (κ1) is 18.1. The van der Waals surface area contributed by atoms with E-state index in [9.17, 15) is 0 Å². The van der Waals surface area contributed by atoms with Crippen LogP contribution in [0.2, 0.25) is 0 Å². The van der Waals surface area contributed by atoms with Crippen LogP contribution in [0.3, 0.4) is 0 Å². The first-order chi connectivity index (χ1) is 13.7. The maximum atomic E-state index is 5.08. The number of methoxy groups -OCH3 is 1. The van der Waals surface area contributed by atoms with E-state index in [4.69, 9.17) is 4.74 Å². The van der Waals surface area contributed by atoms with Crippen molar-refractivity contribution in [1.82, 2.24) is 15.5 Å². The second-order valence-electron chi connectivity index (χ2n) is 6.83. The molecule has 0 saturated heterocycles. The minimum atomic E-state index is 0.246. The fourth-order valence-electron chi connectivity index (χ4n) is 3.43. The molecule has 0 bridgehead atoms. The van der Waals surface area contributed by atoms with Crippen molar-refractivity contribution in [2.75, 3.05) is 7.11 Å². The Morgan fingerprint density at radius 2 is 1.71 bits per heavy atom. The van der Waals surface area contributed by atoms with Crippen LogP contribution in [0, 0.1) is 0 Å². The van der Waals surface area contributed by atoms with Gasteiger partial charge in [-0.1, -0.05) is 60.7 Å². The maximum absolute atomic E-state index is 5.08. The molecule has 4 heteroatoms. The van der Waals surface area contributed by atoms with Crippen LogP contribution in [0.4, 0.5) is 0 Å². The van der Waals surface area contributed by atoms with E-state index in [-0.39, 0.29) is 6.04 Å². The van der Waals surface area contributed by atoms with Crippen molar-refractivity contribution >= 4 is 10.8 Å². The monoisotopic (exact) mass is 369 g/mol. The third-order valence-electron chi connectivity index (χ3n) is 4.97. The number of benzene rings is 3. The molecule has 0 aliphatic carbocycles. The van der Waals surface area contributed by atoms with E-state index in [0.717, 1.165) is 17.8 Å². The fourth-order valence-corrected chi connectivity index (χ4v) is 3.43. The lowest BCUT2D eigenvalue weighted by Gasteiger charge is -2.17. The molecule has 140 valence electrons. The number of nitrogens with one attached hydrogen (secondary N) is 1. The summed E-state index contributed by atoms with van der Waals surface area (Å²) in [4.78, 5) is 0. The molecule has 0 spiro atoms. The first-order valence-corrected chi connectivity index (χ1v) is 9.42. The molecule has 3 aromatic carbocycles. The summed E-state index contributed by atoms with van der Waals surface area (Å²) >= 11 is 0. The normalized spacial score (nSPS) is 12.1. The van der Waals surface area contributed by atoms with E-state index >= 15 is 0 Å². The highest BCUT2D eigenvalue weighted by Crippen LogP contribution is 2.25. The Morgan fingerprint density at radius 1 is 0.893 bits per heavy atom. The van der Waals surface area contributed by atoms with E-state index in [0.29, 0.717) is 5.88 Å². The van der Waals surface area contributed by atoms with Crippen molar-refractivity contribution in [1.29, 1.82) is 0 Å². The SMILES string of the molecule is COc1ccc(-c2cccc(CN[C@H](C)c3cccc4ccccc34)c2)nn1. The minimum Gasteiger partial charge on any atom is -0.480 e. The van der Waals surface area contributed by atoms with Gasteiger partial charge in [-0.05, 0) is 41.0 Å². The van der Waals surface area contributed by atoms with Crippen LogP contribution in [-0.4, -0.2) is 17.3 Å². The summed E-state index contributed by atoms with van der Waals surface area (Å²) in [6.07, 6.45) is 0. The van der Waals surface area contributed by atoms with Crippen molar-refractivity contribution in [2.45, 2.75) is 19.5 Å². The average Bonchev–Trinajstić information content (AvgIpc) is 2.77. The summed E-state index contributed by atoms with van der Waals surface area (Å²) in [7, 11) is 1.59. The van der Waals surface area contributed by atoms with Crippen molar-refractivity contribution in [3.63, 3.8) is 0 Å². The number of hydrogen-bond donors (Lipinski definition) is 1. The summed E-state index contributed by atoms with van der Waals surface area (Å²) in [5.74, 6) is 0.519. The molecule has 4 nitrogen and oxygen atoms in total. The van der Waals surface area contributed by atoms with Gasteiger partial charge in [0.1, 0.15) is 0 Å². The van der Waals surface area contributed by atoms with Gasteiger partial charge in [0.05, 0.1) is 12.8 Å². The van der Waals surface area contributed by atoms with Crippen LogP contribution < -0.4 is 10.1 Å². The van der Waals surface area contributed by atoms with E-state index in [1.54, 1.807) is 7.11 Å². The van der Waals surface area contributed by atoms with E-state index < -0.39 is 0 Å². The van der Waals surface area contributed by atoms with E-state index in [2.05, 4.69) is 83.1 Å². The summed E-state index contributed by atoms with van der Waals surface area (Å²) in [6, 6.07) is 27.4. The zero-order chi connectivity index (χ0) is 19.3. The van der Waals surface area contributed by atoms with Gasteiger partial charge < -0.3 is 10.1 Å². The number of aromatic nitrogens is 2. The summed E-state index contributed by atoms with van der Waals surface area (Å²) in [6.45, 7) is 2.99. The Kier molecular flexibility index (Phi) is 5.31. The van der Waals surface area contributed by atoms with Gasteiger partial charge >= 0.3 is 0 Å². The number of rotatable bonds is 6. The summed E-state index contributed by atoms with van der Waals surface area (Å²) < 4.78 is 5.08. The molecule has 4 rings (SSSR count). The van der Waals surface area contributed by atoms with Gasteiger partial charge in [-0.3, -0.25) is 0 Å². The quantitative estimate of drug-likeness (QED) is 0.510. The summed E-state index contributed by atoms with van der Waals surface area (Å²) in [5, 5.41) is 14.5. The van der Waals surface area contributed by atoms with Crippen LogP contribution in [-0.2, 0) is 6.54 Å². The van der Waals surface area contributed by atoms with Crippen molar-refractivity contribution in [3.8, 4) is 17.1 Å². The Morgan fingerprint density at radius 3 is 2.54 bits per heavy atom. The van der Waals surface area contributed by atoms with Crippen molar-refractivity contribution < 1.29 is 4.74 Å². The molecule has 0 aliphatic rings. The zero-order valence-corrected chi connectivity index (χ0v) is 16.1. The predicted molar refractivity (Wildman–Crippen MR) is 113 cm³/mol. The van der Waals surface area contributed by atoms with Gasteiger partial charge in [0, 0.05) is 24.2 Å². The maximum Gasteiger partial charge on any atom is 0.233 e. The van der Waals surface area contributed by atoms with Crippen LogP contribution in [0.5, 0.6) is 5.88 Å². The second kappa shape index (κ2) is 8.19. The molecule has 4 aromatic rings. The third-order valence-corrected chi connectivity index (χ3v) is 4.97. The molecule has 0 amide bonds. The lowest BCUT2D eigenvalue weighted by molar-refractivity contribution is 0.392. The van der Waals surface area contributed by atoms with Crippen molar-refractivity contribution in [3.05, 3.63) is 90.0 Å². The predicted octanol–water partition coefficient (Wildman–Crippen LogP) is 5.16. The Labute approximate surface area is 165 Å². The molecule has 1 N–H and O–H groups in total. The van der Waals surface area contributed by atoms with Crippen molar-refractivity contribution in [2.24, 2.45) is 0 Å². The Bertz CT molecular complexity index is 1070. The molecule has 28 heavy (non-hydrogen) atoms. The molecule has 0 saturated carbocycles. The highest BCUT2D eigenvalue weighted by molar-refractivity contribution is 5.86. The smallest absolute Gasteiger partial charge is 0.233 e. The number of nitrogens with zero attached hydrogens (tertiary/aromatic N) is 2. The average molecular weight is 369 g/mol. The molecule has 0 aliphatic heterocycles. The molecule has 1 aromatic heterocycles. The highest BCUT2D eigenvalue weighted by atomic mass is 16.5. The molecular weight excluding hydrogens is 346 g/mol. The van der Waals surface area contributed by atoms with Gasteiger partial charge in [0.15, 0.2) is 0 Å². The number of fused-ring (bicyclic) bond motifs is 1. The Balaban J connectivity index is 1.50. The lowest BCUT2D eigenvalue weighted by Crippen LogP contribution is -2.18. The molecule has 0 unspecified atom stereocenters. The molecular formula is C24H23N3O. The lowest BCUT2D eigenvalue weighted by atomic mass is 9.99. The van der Waals surface area contributed by atoms with Gasteiger partial charge in [-0.25, -0.2) is 0 Å².